The van der Waals surface area contributed by atoms with Crippen LogP contribution in [0.4, 0.5) is 0 Å². The summed E-state index contributed by atoms with van der Waals surface area (Å²) in [5, 5.41) is 7.04. The van der Waals surface area contributed by atoms with Crippen LogP contribution in [0.25, 0.3) is 11.5 Å². The van der Waals surface area contributed by atoms with Crippen molar-refractivity contribution in [3.8, 4) is 11.5 Å². The lowest BCUT2D eigenvalue weighted by Gasteiger charge is -2.06. The summed E-state index contributed by atoms with van der Waals surface area (Å²) in [5.41, 5.74) is 3.71. The second-order valence-corrected chi connectivity index (χ2v) is 6.75. The van der Waals surface area contributed by atoms with Crippen LogP contribution in [0, 0.1) is 6.92 Å². The monoisotopic (exact) mass is 387 g/mol. The largest absolute Gasteiger partial charge is 0.441 e. The van der Waals surface area contributed by atoms with Crippen LogP contribution in [-0.4, -0.2) is 25.7 Å². The van der Waals surface area contributed by atoms with Crippen molar-refractivity contribution >= 4 is 5.91 Å². The van der Waals surface area contributed by atoms with Gasteiger partial charge in [-0.3, -0.25) is 4.79 Å². The molecule has 7 nitrogen and oxygen atoms in total. The first kappa shape index (κ1) is 18.6. The summed E-state index contributed by atoms with van der Waals surface area (Å²) < 4.78 is 7.48. The highest BCUT2D eigenvalue weighted by Gasteiger charge is 2.14. The van der Waals surface area contributed by atoms with Gasteiger partial charge in [0.05, 0.1) is 18.7 Å². The van der Waals surface area contributed by atoms with Crippen LogP contribution in [0.2, 0.25) is 0 Å². The van der Waals surface area contributed by atoms with Gasteiger partial charge >= 0.3 is 0 Å². The van der Waals surface area contributed by atoms with E-state index in [0.717, 1.165) is 16.7 Å². The lowest BCUT2D eigenvalue weighted by atomic mass is 10.1. The molecule has 146 valence electrons. The maximum Gasteiger partial charge on any atom is 0.226 e. The number of hydrogen-bond acceptors (Lipinski definition) is 5. The number of carbonyl (C=O) groups is 1. The van der Waals surface area contributed by atoms with Crippen LogP contribution < -0.4 is 5.32 Å². The third-order valence-corrected chi connectivity index (χ3v) is 4.57. The van der Waals surface area contributed by atoms with E-state index in [1.54, 1.807) is 11.0 Å². The highest BCUT2D eigenvalue weighted by Crippen LogP contribution is 2.21. The Morgan fingerprint density at radius 3 is 2.55 bits per heavy atom. The van der Waals surface area contributed by atoms with Crippen LogP contribution in [0.3, 0.4) is 0 Å². The maximum atomic E-state index is 12.4. The molecule has 29 heavy (non-hydrogen) atoms. The van der Waals surface area contributed by atoms with E-state index >= 15 is 0 Å². The number of carbonyl (C=O) groups excluding carboxylic acids is 1. The first-order valence-electron chi connectivity index (χ1n) is 9.36. The van der Waals surface area contributed by atoms with Crippen LogP contribution in [0.15, 0.2) is 71.7 Å². The predicted octanol–water partition coefficient (Wildman–Crippen LogP) is 3.15. The number of aryl methyl sites for hydroxylation is 1. The molecule has 0 saturated carbocycles. The van der Waals surface area contributed by atoms with Gasteiger partial charge in [0, 0.05) is 12.1 Å². The van der Waals surface area contributed by atoms with Crippen molar-refractivity contribution in [3.05, 3.63) is 89.8 Å². The van der Waals surface area contributed by atoms with E-state index in [1.807, 2.05) is 61.5 Å². The average Bonchev–Trinajstić information content (AvgIpc) is 3.38. The van der Waals surface area contributed by atoms with Gasteiger partial charge in [0.2, 0.25) is 11.8 Å². The van der Waals surface area contributed by atoms with Gasteiger partial charge in [-0.2, -0.15) is 5.10 Å². The normalized spacial score (nSPS) is 10.8. The lowest BCUT2D eigenvalue weighted by Crippen LogP contribution is -2.25. The molecule has 0 aliphatic rings. The number of oxazole rings is 1. The molecule has 2 aromatic carbocycles. The van der Waals surface area contributed by atoms with Crippen LogP contribution in [0.5, 0.6) is 0 Å². The smallest absolute Gasteiger partial charge is 0.226 e. The van der Waals surface area contributed by atoms with Gasteiger partial charge in [0.15, 0.2) is 0 Å². The minimum absolute atomic E-state index is 0.0901. The molecule has 0 saturated heterocycles. The number of benzene rings is 2. The van der Waals surface area contributed by atoms with Gasteiger partial charge in [-0.1, -0.05) is 42.5 Å². The summed E-state index contributed by atoms with van der Waals surface area (Å²) >= 11 is 0. The Morgan fingerprint density at radius 1 is 1.07 bits per heavy atom. The fourth-order valence-electron chi connectivity index (χ4n) is 2.98. The number of amides is 1. The fraction of sp³-hybridized carbons (Fsp3) is 0.182. The zero-order chi connectivity index (χ0) is 20.1. The highest BCUT2D eigenvalue weighted by atomic mass is 16.4. The van der Waals surface area contributed by atoms with E-state index in [4.69, 9.17) is 4.42 Å². The van der Waals surface area contributed by atoms with Gasteiger partial charge in [-0.15, -0.1) is 0 Å². The Labute approximate surface area is 168 Å². The Bertz CT molecular complexity index is 1070. The Kier molecular flexibility index (Phi) is 5.47. The molecule has 0 radical (unpaired) electrons. The quantitative estimate of drug-likeness (QED) is 0.526. The fourth-order valence-corrected chi connectivity index (χ4v) is 2.98. The van der Waals surface area contributed by atoms with E-state index in [1.165, 1.54) is 6.33 Å². The summed E-state index contributed by atoms with van der Waals surface area (Å²) in [6.07, 6.45) is 3.39. The Morgan fingerprint density at radius 2 is 1.83 bits per heavy atom. The molecule has 4 aromatic rings. The molecule has 1 amide bonds. The summed E-state index contributed by atoms with van der Waals surface area (Å²) in [6, 6.07) is 17.7. The summed E-state index contributed by atoms with van der Waals surface area (Å²) in [7, 11) is 0. The first-order valence-corrected chi connectivity index (χ1v) is 9.36. The summed E-state index contributed by atoms with van der Waals surface area (Å²) in [5.74, 6) is 1.11. The van der Waals surface area contributed by atoms with E-state index in [9.17, 15) is 4.79 Å². The molecular weight excluding hydrogens is 366 g/mol. The van der Waals surface area contributed by atoms with Crippen molar-refractivity contribution in [2.45, 2.75) is 26.4 Å². The predicted molar refractivity (Wildman–Crippen MR) is 108 cm³/mol. The molecule has 4 rings (SSSR count). The number of hydrogen-bond donors (Lipinski definition) is 1. The molecule has 0 spiro atoms. The average molecular weight is 387 g/mol. The van der Waals surface area contributed by atoms with Crippen molar-refractivity contribution in [1.82, 2.24) is 25.1 Å². The summed E-state index contributed by atoms with van der Waals surface area (Å²) in [4.78, 5) is 20.8. The first-order chi connectivity index (χ1) is 14.2. The minimum Gasteiger partial charge on any atom is -0.441 e. The highest BCUT2D eigenvalue weighted by molar-refractivity contribution is 5.78. The lowest BCUT2D eigenvalue weighted by molar-refractivity contribution is -0.120. The Balaban J connectivity index is 1.32. The molecular formula is C22H21N5O2. The number of nitrogens with one attached hydrogen (secondary N) is 1. The zero-order valence-electron chi connectivity index (χ0n) is 16.1. The minimum atomic E-state index is -0.0901. The van der Waals surface area contributed by atoms with Crippen molar-refractivity contribution < 1.29 is 9.21 Å². The van der Waals surface area contributed by atoms with Crippen molar-refractivity contribution in [1.29, 1.82) is 0 Å². The van der Waals surface area contributed by atoms with Crippen molar-refractivity contribution in [2.24, 2.45) is 0 Å². The molecule has 7 heteroatoms. The van der Waals surface area contributed by atoms with E-state index < -0.39 is 0 Å². The molecule has 0 fully saturated rings. The second-order valence-electron chi connectivity index (χ2n) is 6.75. The van der Waals surface area contributed by atoms with Gasteiger partial charge in [-0.25, -0.2) is 14.6 Å². The van der Waals surface area contributed by atoms with Gasteiger partial charge in [0.25, 0.3) is 0 Å². The molecule has 0 aliphatic carbocycles. The molecule has 0 bridgehead atoms. The van der Waals surface area contributed by atoms with Crippen molar-refractivity contribution in [3.63, 3.8) is 0 Å². The van der Waals surface area contributed by atoms with Crippen LogP contribution in [-0.2, 0) is 24.3 Å². The number of aromatic nitrogens is 4. The Hall–Kier alpha value is -3.74. The molecule has 1 N–H and O–H groups in total. The van der Waals surface area contributed by atoms with Crippen molar-refractivity contribution in [2.75, 3.05) is 0 Å². The SMILES string of the molecule is Cc1oc(-c2ccccc2)nc1CC(=O)NCc1ccc(Cn2cncn2)cc1. The number of nitrogens with zero attached hydrogens (tertiary/aromatic N) is 4. The number of rotatable bonds is 7. The van der Waals surface area contributed by atoms with E-state index in [2.05, 4.69) is 20.4 Å². The molecule has 0 aliphatic heterocycles. The second kappa shape index (κ2) is 8.52. The van der Waals surface area contributed by atoms with Crippen LogP contribution >= 0.6 is 0 Å². The standard InChI is InChI=1S/C22H21N5O2/c1-16-20(26-22(29-16)19-5-3-2-4-6-19)11-21(28)24-12-17-7-9-18(10-8-17)13-27-15-23-14-25-27/h2-10,14-15H,11-13H2,1H3,(H,24,28). The zero-order valence-corrected chi connectivity index (χ0v) is 16.1. The van der Waals surface area contributed by atoms with Gasteiger partial charge < -0.3 is 9.73 Å². The molecule has 0 atom stereocenters. The summed E-state index contributed by atoms with van der Waals surface area (Å²) in [6.45, 7) is 2.96. The van der Waals surface area contributed by atoms with Gasteiger partial charge in [0.1, 0.15) is 18.4 Å². The van der Waals surface area contributed by atoms with Crippen LogP contribution in [0.1, 0.15) is 22.6 Å². The third kappa shape index (κ3) is 4.76. The topological polar surface area (TPSA) is 85.8 Å². The van der Waals surface area contributed by atoms with E-state index in [0.29, 0.717) is 30.4 Å². The van der Waals surface area contributed by atoms with E-state index in [-0.39, 0.29) is 12.3 Å². The molecule has 0 unspecified atom stereocenters. The van der Waals surface area contributed by atoms with Gasteiger partial charge in [-0.05, 0) is 30.2 Å². The molecule has 2 heterocycles. The molecule has 2 aromatic heterocycles. The third-order valence-electron chi connectivity index (χ3n) is 4.57. The maximum absolute atomic E-state index is 12.4.